The fourth-order valence-corrected chi connectivity index (χ4v) is 4.22. The van der Waals surface area contributed by atoms with Gasteiger partial charge in [-0.3, -0.25) is 5.10 Å². The summed E-state index contributed by atoms with van der Waals surface area (Å²) in [5, 5.41) is 11.6. The Morgan fingerprint density at radius 3 is 2.93 bits per heavy atom. The van der Waals surface area contributed by atoms with Gasteiger partial charge in [-0.2, -0.15) is 5.10 Å². The standard InChI is InChI=1S/C20H23N7/c1-2-27-18-14-6-5-12(15-7-9-23-26-15)10-16(14)24-19(21)17(18)25-20(27)13-4-3-8-22-11-13/h5-7,9-10,13,22H,2-4,8,11H2,1H3,(H2,21,24)(H,23,26). The van der Waals surface area contributed by atoms with E-state index in [0.29, 0.717) is 11.7 Å². The lowest BCUT2D eigenvalue weighted by Gasteiger charge is -2.23. The van der Waals surface area contributed by atoms with Crippen LogP contribution in [-0.2, 0) is 6.54 Å². The van der Waals surface area contributed by atoms with E-state index in [1.165, 1.54) is 6.42 Å². The average molecular weight is 361 g/mol. The molecule has 1 saturated heterocycles. The minimum Gasteiger partial charge on any atom is -0.382 e. The summed E-state index contributed by atoms with van der Waals surface area (Å²) in [5.41, 5.74) is 11.1. The number of hydrogen-bond acceptors (Lipinski definition) is 5. The normalized spacial score (nSPS) is 17.7. The molecule has 1 aliphatic heterocycles. The number of imidazole rings is 1. The number of anilines is 1. The molecule has 0 radical (unpaired) electrons. The van der Waals surface area contributed by atoms with E-state index in [9.17, 15) is 0 Å². The Bertz CT molecular complexity index is 1100. The van der Waals surface area contributed by atoms with Gasteiger partial charge in [0.15, 0.2) is 5.82 Å². The lowest BCUT2D eigenvalue weighted by molar-refractivity contribution is 0.436. The van der Waals surface area contributed by atoms with Gasteiger partial charge in [-0.05, 0) is 44.5 Å². The van der Waals surface area contributed by atoms with Gasteiger partial charge in [-0.15, -0.1) is 0 Å². The maximum absolute atomic E-state index is 6.33. The zero-order chi connectivity index (χ0) is 18.4. The maximum Gasteiger partial charge on any atom is 0.152 e. The van der Waals surface area contributed by atoms with Crippen LogP contribution in [0.15, 0.2) is 30.5 Å². The van der Waals surface area contributed by atoms with E-state index < -0.39 is 0 Å². The summed E-state index contributed by atoms with van der Waals surface area (Å²) in [4.78, 5) is 9.61. The van der Waals surface area contributed by atoms with Crippen molar-refractivity contribution in [2.45, 2.75) is 32.2 Å². The van der Waals surface area contributed by atoms with Crippen molar-refractivity contribution in [2.24, 2.45) is 0 Å². The van der Waals surface area contributed by atoms with Crippen molar-refractivity contribution in [3.63, 3.8) is 0 Å². The summed E-state index contributed by atoms with van der Waals surface area (Å²) >= 11 is 0. The Morgan fingerprint density at radius 1 is 1.26 bits per heavy atom. The number of aromatic nitrogens is 5. The molecule has 0 aliphatic carbocycles. The molecule has 0 amide bonds. The number of benzene rings is 1. The van der Waals surface area contributed by atoms with Crippen LogP contribution < -0.4 is 11.1 Å². The van der Waals surface area contributed by atoms with Crippen molar-refractivity contribution >= 4 is 27.8 Å². The zero-order valence-electron chi connectivity index (χ0n) is 15.4. The highest BCUT2D eigenvalue weighted by molar-refractivity contribution is 6.07. The van der Waals surface area contributed by atoms with Crippen LogP contribution in [0.3, 0.4) is 0 Å². The van der Waals surface area contributed by atoms with E-state index in [4.69, 9.17) is 10.7 Å². The Hall–Kier alpha value is -2.93. The first-order chi connectivity index (χ1) is 13.3. The van der Waals surface area contributed by atoms with Gasteiger partial charge in [0, 0.05) is 36.2 Å². The Kier molecular flexibility index (Phi) is 3.82. The Labute approximate surface area is 157 Å². The number of aryl methyl sites for hydroxylation is 1. The van der Waals surface area contributed by atoms with Crippen molar-refractivity contribution in [3.8, 4) is 11.3 Å². The van der Waals surface area contributed by atoms with Crippen LogP contribution >= 0.6 is 0 Å². The molecule has 1 fully saturated rings. The number of nitrogens with zero attached hydrogens (tertiary/aromatic N) is 4. The number of H-pyrrole nitrogens is 1. The quantitative estimate of drug-likeness (QED) is 0.521. The summed E-state index contributed by atoms with van der Waals surface area (Å²) in [7, 11) is 0. The average Bonchev–Trinajstić information content (AvgIpc) is 3.36. The fourth-order valence-electron chi connectivity index (χ4n) is 4.22. The molecular weight excluding hydrogens is 338 g/mol. The van der Waals surface area contributed by atoms with Gasteiger partial charge in [-0.25, -0.2) is 9.97 Å². The second kappa shape index (κ2) is 6.35. The summed E-state index contributed by atoms with van der Waals surface area (Å²) in [6, 6.07) is 8.24. The lowest BCUT2D eigenvalue weighted by atomic mass is 9.99. The number of rotatable bonds is 3. The molecule has 1 unspecified atom stereocenters. The van der Waals surface area contributed by atoms with E-state index in [2.05, 4.69) is 50.2 Å². The Morgan fingerprint density at radius 2 is 2.19 bits per heavy atom. The molecule has 138 valence electrons. The molecule has 1 atom stereocenters. The van der Waals surface area contributed by atoms with E-state index in [-0.39, 0.29) is 0 Å². The molecule has 0 spiro atoms. The molecule has 4 heterocycles. The molecule has 1 aromatic carbocycles. The van der Waals surface area contributed by atoms with Gasteiger partial charge >= 0.3 is 0 Å². The molecule has 7 nitrogen and oxygen atoms in total. The van der Waals surface area contributed by atoms with Crippen molar-refractivity contribution < 1.29 is 0 Å². The summed E-state index contributed by atoms with van der Waals surface area (Å²) in [5.74, 6) is 2.04. The van der Waals surface area contributed by atoms with Crippen LogP contribution in [0.2, 0.25) is 0 Å². The summed E-state index contributed by atoms with van der Waals surface area (Å²) < 4.78 is 2.32. The van der Waals surface area contributed by atoms with Crippen molar-refractivity contribution in [1.82, 2.24) is 30.0 Å². The van der Waals surface area contributed by atoms with Gasteiger partial charge in [-0.1, -0.05) is 6.07 Å². The van der Waals surface area contributed by atoms with E-state index in [1.807, 2.05) is 6.07 Å². The van der Waals surface area contributed by atoms with Crippen LogP contribution in [-0.4, -0.2) is 37.8 Å². The summed E-state index contributed by atoms with van der Waals surface area (Å²) in [6.45, 7) is 5.09. The number of nitrogen functional groups attached to an aromatic ring is 1. The third kappa shape index (κ3) is 2.57. The first-order valence-electron chi connectivity index (χ1n) is 9.56. The van der Waals surface area contributed by atoms with E-state index in [1.54, 1.807) is 6.20 Å². The second-order valence-electron chi connectivity index (χ2n) is 7.15. The predicted molar refractivity (Wildman–Crippen MR) is 108 cm³/mol. The van der Waals surface area contributed by atoms with Gasteiger partial charge in [0.05, 0.1) is 16.7 Å². The largest absolute Gasteiger partial charge is 0.382 e. The van der Waals surface area contributed by atoms with Gasteiger partial charge in [0.2, 0.25) is 0 Å². The molecule has 27 heavy (non-hydrogen) atoms. The topological polar surface area (TPSA) is 97.4 Å². The number of piperidine rings is 1. The number of fused-ring (bicyclic) bond motifs is 3. The van der Waals surface area contributed by atoms with Gasteiger partial charge < -0.3 is 15.6 Å². The van der Waals surface area contributed by atoms with Crippen LogP contribution in [0.5, 0.6) is 0 Å². The second-order valence-corrected chi connectivity index (χ2v) is 7.15. The number of nitrogens with one attached hydrogen (secondary N) is 2. The molecule has 5 rings (SSSR count). The highest BCUT2D eigenvalue weighted by atomic mass is 15.1. The third-order valence-electron chi connectivity index (χ3n) is 5.52. The monoisotopic (exact) mass is 361 g/mol. The molecule has 1 aliphatic rings. The number of pyridine rings is 1. The Balaban J connectivity index is 1.75. The van der Waals surface area contributed by atoms with Crippen LogP contribution in [0.4, 0.5) is 5.82 Å². The predicted octanol–water partition coefficient (Wildman–Crippen LogP) is 3.04. The number of nitrogens with two attached hydrogens (primary N) is 1. The third-order valence-corrected chi connectivity index (χ3v) is 5.52. The lowest BCUT2D eigenvalue weighted by Crippen LogP contribution is -2.30. The minimum atomic E-state index is 0.421. The van der Waals surface area contributed by atoms with Gasteiger partial charge in [0.1, 0.15) is 11.3 Å². The van der Waals surface area contributed by atoms with E-state index in [0.717, 1.165) is 65.1 Å². The fraction of sp³-hybridized carbons (Fsp3) is 0.350. The SMILES string of the molecule is CCn1c(C2CCCNC2)nc2c(N)nc3cc(-c4ccn[nH]4)ccc3c21. The van der Waals surface area contributed by atoms with Crippen LogP contribution in [0.1, 0.15) is 31.5 Å². The molecule has 4 aromatic rings. The van der Waals surface area contributed by atoms with E-state index >= 15 is 0 Å². The summed E-state index contributed by atoms with van der Waals surface area (Å²) in [6.07, 6.45) is 4.09. The minimum absolute atomic E-state index is 0.421. The highest BCUT2D eigenvalue weighted by Gasteiger charge is 2.24. The van der Waals surface area contributed by atoms with Crippen molar-refractivity contribution in [2.75, 3.05) is 18.8 Å². The zero-order valence-corrected chi connectivity index (χ0v) is 15.4. The highest BCUT2D eigenvalue weighted by Crippen LogP contribution is 2.34. The van der Waals surface area contributed by atoms with Crippen LogP contribution in [0.25, 0.3) is 33.2 Å². The molecular formula is C20H23N7. The molecule has 4 N–H and O–H groups in total. The van der Waals surface area contributed by atoms with Gasteiger partial charge in [0.25, 0.3) is 0 Å². The molecule has 7 heteroatoms. The molecule has 0 saturated carbocycles. The first-order valence-corrected chi connectivity index (χ1v) is 9.56. The molecule has 0 bridgehead atoms. The molecule has 3 aromatic heterocycles. The van der Waals surface area contributed by atoms with Crippen molar-refractivity contribution in [1.29, 1.82) is 0 Å². The van der Waals surface area contributed by atoms with Crippen LogP contribution in [0, 0.1) is 0 Å². The maximum atomic E-state index is 6.33. The number of aromatic amines is 1. The number of hydrogen-bond donors (Lipinski definition) is 3. The van der Waals surface area contributed by atoms with Crippen molar-refractivity contribution in [3.05, 3.63) is 36.3 Å². The first kappa shape index (κ1) is 16.3. The smallest absolute Gasteiger partial charge is 0.152 e.